The monoisotopic (exact) mass is 267 g/mol. The summed E-state index contributed by atoms with van der Waals surface area (Å²) in [5, 5.41) is 0. The second-order valence-electron chi connectivity index (χ2n) is 5.58. The number of benzene rings is 1. The smallest absolute Gasteiger partial charge is 0.227 e. The van der Waals surface area contributed by atoms with E-state index in [1.807, 2.05) is 0 Å². The molecule has 2 nitrogen and oxygen atoms in total. The molecule has 0 spiro atoms. The maximum Gasteiger partial charge on any atom is 0.227 e. The Kier molecular flexibility index (Phi) is 3.66. The first-order valence-electron chi connectivity index (χ1n) is 6.13. The van der Waals surface area contributed by atoms with E-state index >= 15 is 0 Å². The van der Waals surface area contributed by atoms with Crippen molar-refractivity contribution in [1.29, 1.82) is 0 Å². The van der Waals surface area contributed by atoms with Gasteiger partial charge in [0.05, 0.1) is 0 Å². The van der Waals surface area contributed by atoms with Crippen LogP contribution >= 0.6 is 12.6 Å². The van der Waals surface area contributed by atoms with Crippen molar-refractivity contribution in [3.63, 3.8) is 0 Å². The lowest BCUT2D eigenvalue weighted by molar-refractivity contribution is -0.119. The van der Waals surface area contributed by atoms with Gasteiger partial charge in [0.2, 0.25) is 5.91 Å². The van der Waals surface area contributed by atoms with Crippen molar-refractivity contribution in [1.82, 2.24) is 0 Å². The molecule has 1 aromatic rings. The van der Waals surface area contributed by atoms with E-state index < -0.39 is 0 Å². The predicted octanol–water partition coefficient (Wildman–Crippen LogP) is 3.06. The number of amides is 1. The highest BCUT2D eigenvalue weighted by Crippen LogP contribution is 2.31. The van der Waals surface area contributed by atoms with Crippen molar-refractivity contribution < 1.29 is 9.18 Å². The second-order valence-corrected chi connectivity index (χ2v) is 5.89. The quantitative estimate of drug-likeness (QED) is 0.835. The van der Waals surface area contributed by atoms with Gasteiger partial charge in [0.25, 0.3) is 0 Å². The molecule has 1 aliphatic heterocycles. The highest BCUT2D eigenvalue weighted by Gasteiger charge is 2.29. The average Bonchev–Trinajstić information content (AvgIpc) is 2.33. The van der Waals surface area contributed by atoms with Crippen molar-refractivity contribution in [3.05, 3.63) is 29.6 Å². The molecule has 0 atom stereocenters. The summed E-state index contributed by atoms with van der Waals surface area (Å²) in [4.78, 5) is 13.7. The number of nitrogens with zero attached hydrogens (tertiary/aromatic N) is 1. The van der Waals surface area contributed by atoms with Gasteiger partial charge in [-0.15, -0.1) is 0 Å². The first-order chi connectivity index (χ1) is 8.43. The van der Waals surface area contributed by atoms with Gasteiger partial charge < -0.3 is 4.90 Å². The third-order valence-electron chi connectivity index (χ3n) is 3.26. The minimum absolute atomic E-state index is 0.0722. The number of rotatable bonds is 3. The number of hydrogen-bond acceptors (Lipinski definition) is 2. The zero-order valence-corrected chi connectivity index (χ0v) is 11.6. The van der Waals surface area contributed by atoms with Gasteiger partial charge in [-0.3, -0.25) is 4.79 Å². The molecule has 0 saturated carbocycles. The Balaban J connectivity index is 2.36. The van der Waals surface area contributed by atoms with Crippen LogP contribution in [-0.4, -0.2) is 18.2 Å². The fourth-order valence-corrected chi connectivity index (χ4v) is 2.26. The Labute approximate surface area is 113 Å². The lowest BCUT2D eigenvalue weighted by atomic mass is 9.92. The molecule has 1 amide bonds. The molecule has 4 heteroatoms. The SMILES string of the molecule is CC(C)(CS)CN1C(=O)CCc2ccc(F)cc21. The van der Waals surface area contributed by atoms with Gasteiger partial charge in [-0.25, -0.2) is 4.39 Å². The van der Waals surface area contributed by atoms with Gasteiger partial charge in [-0.2, -0.15) is 12.6 Å². The minimum Gasteiger partial charge on any atom is -0.311 e. The summed E-state index contributed by atoms with van der Waals surface area (Å²) in [5.74, 6) is 0.460. The molecule has 2 rings (SSSR count). The molecule has 0 bridgehead atoms. The maximum atomic E-state index is 13.4. The molecule has 0 radical (unpaired) electrons. The van der Waals surface area contributed by atoms with E-state index in [9.17, 15) is 9.18 Å². The van der Waals surface area contributed by atoms with E-state index in [-0.39, 0.29) is 17.1 Å². The van der Waals surface area contributed by atoms with Gasteiger partial charge in [-0.05, 0) is 35.3 Å². The molecule has 0 unspecified atom stereocenters. The predicted molar refractivity (Wildman–Crippen MR) is 74.7 cm³/mol. The fourth-order valence-electron chi connectivity index (χ4n) is 2.16. The fraction of sp³-hybridized carbons (Fsp3) is 0.500. The van der Waals surface area contributed by atoms with Gasteiger partial charge in [-0.1, -0.05) is 19.9 Å². The Morgan fingerprint density at radius 3 is 2.78 bits per heavy atom. The van der Waals surface area contributed by atoms with E-state index in [2.05, 4.69) is 26.5 Å². The molecular formula is C14H18FNOS. The minimum atomic E-state index is -0.294. The van der Waals surface area contributed by atoms with E-state index in [1.54, 1.807) is 11.0 Å². The summed E-state index contributed by atoms with van der Waals surface area (Å²) in [5.41, 5.74) is 1.69. The van der Waals surface area contributed by atoms with Crippen molar-refractivity contribution in [2.24, 2.45) is 5.41 Å². The second kappa shape index (κ2) is 4.92. The van der Waals surface area contributed by atoms with E-state index in [1.165, 1.54) is 12.1 Å². The van der Waals surface area contributed by atoms with Gasteiger partial charge in [0, 0.05) is 18.7 Å². The van der Waals surface area contributed by atoms with Crippen LogP contribution in [0.15, 0.2) is 18.2 Å². The van der Waals surface area contributed by atoms with Crippen LogP contribution in [0.5, 0.6) is 0 Å². The van der Waals surface area contributed by atoms with Gasteiger partial charge in [0.1, 0.15) is 5.82 Å². The Morgan fingerprint density at radius 2 is 2.11 bits per heavy atom. The molecule has 1 aromatic carbocycles. The van der Waals surface area contributed by atoms with Crippen LogP contribution in [0.2, 0.25) is 0 Å². The summed E-state index contributed by atoms with van der Waals surface area (Å²) in [7, 11) is 0. The molecular weight excluding hydrogens is 249 g/mol. The van der Waals surface area contributed by atoms with Gasteiger partial charge >= 0.3 is 0 Å². The van der Waals surface area contributed by atoms with Crippen LogP contribution in [0.25, 0.3) is 0 Å². The van der Waals surface area contributed by atoms with Crippen molar-refractivity contribution in [2.75, 3.05) is 17.2 Å². The summed E-state index contributed by atoms with van der Waals surface area (Å²) in [6.07, 6.45) is 1.20. The number of carbonyl (C=O) groups excluding carboxylic acids is 1. The molecule has 0 fully saturated rings. The lowest BCUT2D eigenvalue weighted by Crippen LogP contribution is -2.42. The first-order valence-corrected chi connectivity index (χ1v) is 6.76. The van der Waals surface area contributed by atoms with Crippen molar-refractivity contribution in [3.8, 4) is 0 Å². The largest absolute Gasteiger partial charge is 0.311 e. The topological polar surface area (TPSA) is 20.3 Å². The Morgan fingerprint density at radius 1 is 1.39 bits per heavy atom. The first kappa shape index (κ1) is 13.4. The molecule has 0 N–H and O–H groups in total. The lowest BCUT2D eigenvalue weighted by Gasteiger charge is -2.35. The number of anilines is 1. The molecule has 0 aromatic heterocycles. The Hall–Kier alpha value is -1.03. The van der Waals surface area contributed by atoms with E-state index in [0.717, 1.165) is 11.3 Å². The Bertz CT molecular complexity index is 473. The molecule has 0 saturated heterocycles. The van der Waals surface area contributed by atoms with E-state index in [4.69, 9.17) is 0 Å². The zero-order chi connectivity index (χ0) is 13.3. The average molecular weight is 267 g/mol. The van der Waals surface area contributed by atoms with Crippen LogP contribution in [0.1, 0.15) is 25.8 Å². The number of aryl methyl sites for hydroxylation is 1. The molecule has 1 aliphatic rings. The molecule has 0 aliphatic carbocycles. The summed E-state index contributed by atoms with van der Waals surface area (Å²) >= 11 is 4.31. The molecule has 1 heterocycles. The molecule has 18 heavy (non-hydrogen) atoms. The zero-order valence-electron chi connectivity index (χ0n) is 10.7. The number of thiol groups is 1. The van der Waals surface area contributed by atoms with Crippen molar-refractivity contribution >= 4 is 24.2 Å². The third-order valence-corrected chi connectivity index (χ3v) is 4.12. The van der Waals surface area contributed by atoms with Crippen LogP contribution in [0.3, 0.4) is 0 Å². The highest BCUT2D eigenvalue weighted by molar-refractivity contribution is 7.80. The maximum absolute atomic E-state index is 13.4. The summed E-state index contributed by atoms with van der Waals surface area (Å²) < 4.78 is 13.4. The highest BCUT2D eigenvalue weighted by atomic mass is 32.1. The van der Waals surface area contributed by atoms with Crippen LogP contribution in [-0.2, 0) is 11.2 Å². The van der Waals surface area contributed by atoms with Crippen LogP contribution in [0, 0.1) is 11.2 Å². The summed E-state index contributed by atoms with van der Waals surface area (Å²) in [6, 6.07) is 4.69. The summed E-state index contributed by atoms with van der Waals surface area (Å²) in [6.45, 7) is 4.69. The van der Waals surface area contributed by atoms with Crippen LogP contribution in [0.4, 0.5) is 10.1 Å². The van der Waals surface area contributed by atoms with Crippen LogP contribution < -0.4 is 4.90 Å². The number of carbonyl (C=O) groups is 1. The van der Waals surface area contributed by atoms with Gasteiger partial charge in [0.15, 0.2) is 0 Å². The normalized spacial score (nSPS) is 15.8. The standard InChI is InChI=1S/C14H18FNOS/c1-14(2,9-18)8-16-12-7-11(15)5-3-10(12)4-6-13(16)17/h3,5,7,18H,4,6,8-9H2,1-2H3. The third kappa shape index (κ3) is 2.69. The number of hydrogen-bond donors (Lipinski definition) is 1. The van der Waals surface area contributed by atoms with Crippen molar-refractivity contribution in [2.45, 2.75) is 26.7 Å². The number of halogens is 1. The number of fused-ring (bicyclic) bond motifs is 1. The van der Waals surface area contributed by atoms with E-state index in [0.29, 0.717) is 25.1 Å². The molecule has 98 valence electrons.